The van der Waals surface area contributed by atoms with Crippen molar-refractivity contribution in [1.29, 1.82) is 0 Å². The van der Waals surface area contributed by atoms with Crippen LogP contribution in [0.25, 0.3) is 10.2 Å². The van der Waals surface area contributed by atoms with Gasteiger partial charge in [-0.15, -0.1) is 11.3 Å². The van der Waals surface area contributed by atoms with Gasteiger partial charge < -0.3 is 10.7 Å². The van der Waals surface area contributed by atoms with Crippen molar-refractivity contribution in [3.8, 4) is 0 Å². The monoisotopic (exact) mass is 339 g/mol. The Balaban J connectivity index is 2.45. The third-order valence-electron chi connectivity index (χ3n) is 3.78. The lowest BCUT2D eigenvalue weighted by Crippen LogP contribution is -2.23. The number of nitrogens with zero attached hydrogens (tertiary/aromatic N) is 1. The molecule has 0 saturated carbocycles. The number of hydrogen-bond acceptors (Lipinski definition) is 5. The molecule has 3 N–H and O–H groups in total. The Morgan fingerprint density at radius 3 is 2.73 bits per heavy atom. The number of rotatable bonds is 6. The van der Waals surface area contributed by atoms with E-state index in [-0.39, 0.29) is 5.56 Å². The highest BCUT2D eigenvalue weighted by atomic mass is 32.2. The van der Waals surface area contributed by atoms with Gasteiger partial charge in [-0.05, 0) is 31.7 Å². The normalized spacial score (nSPS) is 14.2. The number of hydrogen-bond donors (Lipinski definition) is 2. The lowest BCUT2D eigenvalue weighted by Gasteiger charge is -2.08. The number of aromatic nitrogens is 2. The molecule has 7 heteroatoms. The first-order valence-corrected chi connectivity index (χ1v) is 9.01. The number of nitrogens with one attached hydrogen (secondary N) is 1. The van der Waals surface area contributed by atoms with Gasteiger partial charge in [0.15, 0.2) is 5.16 Å². The molecule has 0 aliphatic heterocycles. The summed E-state index contributed by atoms with van der Waals surface area (Å²) in [5.74, 6) is 0.104. The van der Waals surface area contributed by atoms with Gasteiger partial charge in [-0.3, -0.25) is 9.59 Å². The van der Waals surface area contributed by atoms with E-state index in [9.17, 15) is 9.59 Å². The summed E-state index contributed by atoms with van der Waals surface area (Å²) in [6.07, 6.45) is 1.96. The van der Waals surface area contributed by atoms with E-state index >= 15 is 0 Å². The second-order valence-electron chi connectivity index (χ2n) is 5.57. The summed E-state index contributed by atoms with van der Waals surface area (Å²) >= 11 is 2.71. The first-order valence-electron chi connectivity index (χ1n) is 7.31. The van der Waals surface area contributed by atoms with E-state index in [2.05, 4.69) is 23.8 Å². The average molecular weight is 339 g/mol. The maximum absolute atomic E-state index is 12.4. The number of aryl methyl sites for hydroxylation is 1. The molecule has 22 heavy (non-hydrogen) atoms. The minimum atomic E-state index is -0.429. The third kappa shape index (κ3) is 3.52. The standard InChI is InChI=1S/C15H21N3O2S2/c1-5-7(2)6-10-8(3)21-14-11(10)13(20)17-15(18-14)22-9(4)12(16)19/h7,9H,5-6H2,1-4H3,(H2,16,19)(H,17,18,20)/t7-,9+/m0/s1. The Morgan fingerprint density at radius 2 is 2.14 bits per heavy atom. The highest BCUT2D eigenvalue weighted by molar-refractivity contribution is 8.00. The summed E-state index contributed by atoms with van der Waals surface area (Å²) in [5.41, 5.74) is 6.22. The lowest BCUT2D eigenvalue weighted by molar-refractivity contribution is -0.117. The number of H-pyrrole nitrogens is 1. The molecular formula is C15H21N3O2S2. The molecule has 0 fully saturated rings. The molecule has 2 aromatic rings. The van der Waals surface area contributed by atoms with Crippen LogP contribution in [0.4, 0.5) is 0 Å². The smallest absolute Gasteiger partial charge is 0.260 e. The van der Waals surface area contributed by atoms with Crippen LogP contribution in [0.3, 0.4) is 0 Å². The molecule has 2 rings (SSSR count). The molecule has 2 atom stereocenters. The first-order chi connectivity index (χ1) is 10.3. The fourth-order valence-electron chi connectivity index (χ4n) is 2.18. The molecule has 0 spiro atoms. The van der Waals surface area contributed by atoms with Crippen molar-refractivity contribution in [3.05, 3.63) is 20.8 Å². The predicted molar refractivity (Wildman–Crippen MR) is 92.7 cm³/mol. The van der Waals surface area contributed by atoms with Crippen LogP contribution >= 0.6 is 23.1 Å². The van der Waals surface area contributed by atoms with Crippen molar-refractivity contribution in [2.45, 2.75) is 50.9 Å². The van der Waals surface area contributed by atoms with Crippen molar-refractivity contribution in [2.75, 3.05) is 0 Å². The molecule has 120 valence electrons. The number of aromatic amines is 1. The largest absolute Gasteiger partial charge is 0.369 e. The van der Waals surface area contributed by atoms with Crippen LogP contribution in [0.1, 0.15) is 37.6 Å². The first kappa shape index (κ1) is 17.0. The van der Waals surface area contributed by atoms with E-state index in [1.807, 2.05) is 6.92 Å². The van der Waals surface area contributed by atoms with Crippen LogP contribution in [0.5, 0.6) is 0 Å². The van der Waals surface area contributed by atoms with Gasteiger partial charge in [0, 0.05) is 4.88 Å². The zero-order valence-electron chi connectivity index (χ0n) is 13.2. The van der Waals surface area contributed by atoms with Gasteiger partial charge in [0.25, 0.3) is 5.56 Å². The summed E-state index contributed by atoms with van der Waals surface area (Å²) in [7, 11) is 0. The number of carbonyl (C=O) groups excluding carboxylic acids is 1. The molecule has 0 aliphatic rings. The summed E-state index contributed by atoms with van der Waals surface area (Å²) in [6, 6.07) is 0. The quantitative estimate of drug-likeness (QED) is 0.625. The van der Waals surface area contributed by atoms with Crippen LogP contribution in [0.15, 0.2) is 9.95 Å². The zero-order valence-corrected chi connectivity index (χ0v) is 14.9. The van der Waals surface area contributed by atoms with Crippen LogP contribution in [0.2, 0.25) is 0 Å². The summed E-state index contributed by atoms with van der Waals surface area (Å²) in [4.78, 5) is 32.7. The molecule has 1 amide bonds. The van der Waals surface area contributed by atoms with Gasteiger partial charge in [-0.1, -0.05) is 32.0 Å². The second kappa shape index (κ2) is 6.83. The van der Waals surface area contributed by atoms with Crippen LogP contribution < -0.4 is 11.3 Å². The number of amides is 1. The number of carbonyl (C=O) groups is 1. The highest BCUT2D eigenvalue weighted by Crippen LogP contribution is 2.31. The number of thiophene rings is 1. The van der Waals surface area contributed by atoms with E-state index in [1.54, 1.807) is 6.92 Å². The second-order valence-corrected chi connectivity index (χ2v) is 8.10. The fraction of sp³-hybridized carbons (Fsp3) is 0.533. The van der Waals surface area contributed by atoms with Gasteiger partial charge in [-0.25, -0.2) is 4.98 Å². The molecule has 0 radical (unpaired) electrons. The molecular weight excluding hydrogens is 318 g/mol. The van der Waals surface area contributed by atoms with Crippen LogP contribution in [-0.2, 0) is 11.2 Å². The number of thioether (sulfide) groups is 1. The SMILES string of the molecule is CC[C@H](C)Cc1c(C)sc2nc(S[C@H](C)C(N)=O)[nH]c(=O)c12. The lowest BCUT2D eigenvalue weighted by atomic mass is 9.98. The average Bonchev–Trinajstić information content (AvgIpc) is 2.74. The van der Waals surface area contributed by atoms with E-state index in [0.29, 0.717) is 16.5 Å². The van der Waals surface area contributed by atoms with E-state index < -0.39 is 11.2 Å². The zero-order chi connectivity index (χ0) is 16.4. The highest BCUT2D eigenvalue weighted by Gasteiger charge is 2.18. The Labute approximate surface area is 137 Å². The Kier molecular flexibility index (Phi) is 5.28. The van der Waals surface area contributed by atoms with Gasteiger partial charge in [0.2, 0.25) is 5.91 Å². The number of primary amides is 1. The Bertz CT molecular complexity index is 751. The molecule has 0 bridgehead atoms. The molecule has 0 aromatic carbocycles. The summed E-state index contributed by atoms with van der Waals surface area (Å²) in [5, 5.41) is 0.709. The predicted octanol–water partition coefficient (Wildman–Crippen LogP) is 2.85. The van der Waals surface area contributed by atoms with Gasteiger partial charge >= 0.3 is 0 Å². The van der Waals surface area contributed by atoms with Gasteiger partial charge in [0.1, 0.15) is 4.83 Å². The molecule has 0 aliphatic carbocycles. The Hall–Kier alpha value is -1.34. The minimum absolute atomic E-state index is 0.133. The van der Waals surface area contributed by atoms with Crippen LogP contribution in [0, 0.1) is 12.8 Å². The van der Waals surface area contributed by atoms with E-state index in [4.69, 9.17) is 5.73 Å². The maximum Gasteiger partial charge on any atom is 0.260 e. The van der Waals surface area contributed by atoms with Crippen LogP contribution in [-0.4, -0.2) is 21.1 Å². The van der Waals surface area contributed by atoms with Gasteiger partial charge in [0.05, 0.1) is 10.6 Å². The number of nitrogens with two attached hydrogens (primary N) is 1. The molecule has 2 heterocycles. The fourth-order valence-corrected chi connectivity index (χ4v) is 4.03. The molecule has 5 nitrogen and oxygen atoms in total. The third-order valence-corrected chi connectivity index (χ3v) is 5.82. The Morgan fingerprint density at radius 1 is 1.45 bits per heavy atom. The van der Waals surface area contributed by atoms with Crippen molar-refractivity contribution < 1.29 is 4.79 Å². The topological polar surface area (TPSA) is 88.8 Å². The number of fused-ring (bicyclic) bond motifs is 1. The van der Waals surface area contributed by atoms with Crippen molar-refractivity contribution >= 4 is 39.2 Å². The summed E-state index contributed by atoms with van der Waals surface area (Å²) < 4.78 is 0. The van der Waals surface area contributed by atoms with E-state index in [0.717, 1.165) is 28.1 Å². The molecule has 2 aromatic heterocycles. The molecule has 0 unspecified atom stereocenters. The molecule has 0 saturated heterocycles. The van der Waals surface area contributed by atoms with Gasteiger partial charge in [-0.2, -0.15) is 0 Å². The summed E-state index contributed by atoms with van der Waals surface area (Å²) in [6.45, 7) is 8.06. The maximum atomic E-state index is 12.4. The van der Waals surface area contributed by atoms with Crippen molar-refractivity contribution in [1.82, 2.24) is 9.97 Å². The van der Waals surface area contributed by atoms with Crippen molar-refractivity contribution in [2.24, 2.45) is 11.7 Å². The van der Waals surface area contributed by atoms with E-state index in [1.165, 1.54) is 23.1 Å². The van der Waals surface area contributed by atoms with Crippen molar-refractivity contribution in [3.63, 3.8) is 0 Å². The minimum Gasteiger partial charge on any atom is -0.369 e.